The van der Waals surface area contributed by atoms with Crippen LogP contribution in [0, 0.1) is 0 Å². The first-order chi connectivity index (χ1) is 15.7. The van der Waals surface area contributed by atoms with Crippen LogP contribution in [0.25, 0.3) is 6.08 Å². The summed E-state index contributed by atoms with van der Waals surface area (Å²) in [5.41, 5.74) is 9.45. The minimum Gasteiger partial charge on any atom is -0.397 e. The Labute approximate surface area is 186 Å². The molecule has 0 spiro atoms. The van der Waals surface area contributed by atoms with Crippen molar-refractivity contribution in [1.29, 1.82) is 0 Å². The highest BCUT2D eigenvalue weighted by atomic mass is 16.1. The van der Waals surface area contributed by atoms with Crippen molar-refractivity contribution in [1.82, 2.24) is 15.0 Å². The van der Waals surface area contributed by atoms with E-state index >= 15 is 0 Å². The van der Waals surface area contributed by atoms with Crippen LogP contribution in [-0.4, -0.2) is 27.4 Å². The molecule has 7 heteroatoms. The molecule has 0 bridgehead atoms. The van der Waals surface area contributed by atoms with Crippen LogP contribution in [0.3, 0.4) is 0 Å². The van der Waals surface area contributed by atoms with Gasteiger partial charge in [0.25, 0.3) is 5.91 Å². The lowest BCUT2D eigenvalue weighted by Gasteiger charge is -2.20. The van der Waals surface area contributed by atoms with E-state index in [0.717, 1.165) is 11.3 Å². The first-order valence-electron chi connectivity index (χ1n) is 10.1. The molecule has 0 saturated carbocycles. The van der Waals surface area contributed by atoms with Gasteiger partial charge in [-0.05, 0) is 48.0 Å². The lowest BCUT2D eigenvalue weighted by Crippen LogP contribution is -2.19. The standard InChI is InChI=1S/C25H22N6O/c26-22-8-1-2-9-23(22)30-24(32)20-12-10-19(11-13-20)6-4-17-31(21-7-3-14-27-18-21)25-28-15-5-16-29-25/h1-16,18H,17,26H2,(H,30,32). The van der Waals surface area contributed by atoms with Crippen molar-refractivity contribution in [2.45, 2.75) is 0 Å². The van der Waals surface area contributed by atoms with Gasteiger partial charge < -0.3 is 16.0 Å². The van der Waals surface area contributed by atoms with E-state index in [-0.39, 0.29) is 5.91 Å². The van der Waals surface area contributed by atoms with Crippen molar-refractivity contribution >= 4 is 35.0 Å². The fourth-order valence-electron chi connectivity index (χ4n) is 3.09. The number of para-hydroxylation sites is 2. The largest absolute Gasteiger partial charge is 0.397 e. The number of amides is 1. The number of anilines is 4. The summed E-state index contributed by atoms with van der Waals surface area (Å²) < 4.78 is 0. The Balaban J connectivity index is 1.44. The first-order valence-corrected chi connectivity index (χ1v) is 10.1. The van der Waals surface area contributed by atoms with Crippen molar-refractivity contribution in [3.63, 3.8) is 0 Å². The molecule has 0 atom stereocenters. The van der Waals surface area contributed by atoms with Gasteiger partial charge in [-0.2, -0.15) is 0 Å². The molecule has 32 heavy (non-hydrogen) atoms. The molecule has 2 heterocycles. The van der Waals surface area contributed by atoms with Gasteiger partial charge in [-0.25, -0.2) is 9.97 Å². The van der Waals surface area contributed by atoms with Crippen LogP contribution in [0.1, 0.15) is 15.9 Å². The molecule has 0 fully saturated rings. The van der Waals surface area contributed by atoms with Gasteiger partial charge in [0.15, 0.2) is 0 Å². The molecule has 2 aromatic carbocycles. The van der Waals surface area contributed by atoms with Crippen LogP contribution in [0.5, 0.6) is 0 Å². The molecular weight excluding hydrogens is 400 g/mol. The smallest absolute Gasteiger partial charge is 0.255 e. The Bertz CT molecular complexity index is 1150. The number of nitrogen functional groups attached to an aromatic ring is 1. The van der Waals surface area contributed by atoms with Gasteiger partial charge in [-0.15, -0.1) is 0 Å². The summed E-state index contributed by atoms with van der Waals surface area (Å²) in [6.07, 6.45) is 10.9. The molecule has 3 N–H and O–H groups in total. The number of benzene rings is 2. The van der Waals surface area contributed by atoms with E-state index in [1.165, 1.54) is 0 Å². The molecule has 1 amide bonds. The van der Waals surface area contributed by atoms with Gasteiger partial charge in [0.2, 0.25) is 5.95 Å². The predicted molar refractivity (Wildman–Crippen MR) is 128 cm³/mol. The molecule has 0 aliphatic heterocycles. The van der Waals surface area contributed by atoms with E-state index in [4.69, 9.17) is 5.73 Å². The minimum atomic E-state index is -0.206. The number of nitrogens with one attached hydrogen (secondary N) is 1. The lowest BCUT2D eigenvalue weighted by atomic mass is 10.1. The van der Waals surface area contributed by atoms with E-state index in [0.29, 0.717) is 29.4 Å². The van der Waals surface area contributed by atoms with Gasteiger partial charge in [0, 0.05) is 30.7 Å². The number of hydrogen-bond donors (Lipinski definition) is 2. The van der Waals surface area contributed by atoms with Gasteiger partial charge in [-0.3, -0.25) is 9.78 Å². The third-order valence-electron chi connectivity index (χ3n) is 4.73. The van der Waals surface area contributed by atoms with Crippen molar-refractivity contribution in [3.8, 4) is 0 Å². The zero-order chi connectivity index (χ0) is 22.2. The fourth-order valence-corrected chi connectivity index (χ4v) is 3.09. The van der Waals surface area contributed by atoms with Gasteiger partial charge >= 0.3 is 0 Å². The Morgan fingerprint density at radius 3 is 2.44 bits per heavy atom. The fraction of sp³-hybridized carbons (Fsp3) is 0.0400. The monoisotopic (exact) mass is 422 g/mol. The highest BCUT2D eigenvalue weighted by Crippen LogP contribution is 2.21. The maximum absolute atomic E-state index is 12.5. The first kappa shape index (κ1) is 20.7. The number of carbonyl (C=O) groups is 1. The van der Waals surface area contributed by atoms with Crippen LogP contribution >= 0.6 is 0 Å². The summed E-state index contributed by atoms with van der Waals surface area (Å²) >= 11 is 0. The summed E-state index contributed by atoms with van der Waals surface area (Å²) in [5, 5.41) is 2.83. The molecular formula is C25H22N6O. The summed E-state index contributed by atoms with van der Waals surface area (Å²) in [6.45, 7) is 0.561. The van der Waals surface area contributed by atoms with E-state index in [9.17, 15) is 4.79 Å². The normalized spacial score (nSPS) is 10.8. The zero-order valence-corrected chi connectivity index (χ0v) is 17.3. The van der Waals surface area contributed by atoms with Crippen LogP contribution in [0.2, 0.25) is 0 Å². The number of pyridine rings is 1. The molecule has 4 aromatic rings. The van der Waals surface area contributed by atoms with E-state index in [1.54, 1.807) is 55.1 Å². The maximum atomic E-state index is 12.5. The average Bonchev–Trinajstić information content (AvgIpc) is 2.85. The summed E-state index contributed by atoms with van der Waals surface area (Å²) in [7, 11) is 0. The van der Waals surface area contributed by atoms with Crippen molar-refractivity contribution in [2.24, 2.45) is 0 Å². The summed E-state index contributed by atoms with van der Waals surface area (Å²) in [5.74, 6) is 0.389. The Kier molecular flexibility index (Phi) is 6.48. The summed E-state index contributed by atoms with van der Waals surface area (Å²) in [6, 6.07) is 20.2. The SMILES string of the molecule is Nc1ccccc1NC(=O)c1ccc(C=CCN(c2cccnc2)c2ncccn2)cc1. The zero-order valence-electron chi connectivity index (χ0n) is 17.3. The molecule has 0 unspecified atom stereocenters. The number of nitrogens with zero attached hydrogens (tertiary/aromatic N) is 4. The van der Waals surface area contributed by atoms with E-state index in [1.807, 2.05) is 53.5 Å². The van der Waals surface area contributed by atoms with Crippen LogP contribution < -0.4 is 16.0 Å². The Morgan fingerprint density at radius 1 is 0.938 bits per heavy atom. The third kappa shape index (κ3) is 5.14. The molecule has 158 valence electrons. The van der Waals surface area contributed by atoms with Crippen molar-refractivity contribution < 1.29 is 4.79 Å². The molecule has 0 radical (unpaired) electrons. The molecule has 0 saturated heterocycles. The van der Waals surface area contributed by atoms with Crippen molar-refractivity contribution in [2.75, 3.05) is 22.5 Å². The van der Waals surface area contributed by atoms with Gasteiger partial charge in [0.1, 0.15) is 0 Å². The van der Waals surface area contributed by atoms with Crippen LogP contribution in [-0.2, 0) is 0 Å². The van der Waals surface area contributed by atoms with E-state index < -0.39 is 0 Å². The molecule has 0 aliphatic carbocycles. The molecule has 0 aliphatic rings. The number of hydrogen-bond acceptors (Lipinski definition) is 6. The topological polar surface area (TPSA) is 97.0 Å². The summed E-state index contributed by atoms with van der Waals surface area (Å²) in [4.78, 5) is 27.3. The molecule has 7 nitrogen and oxygen atoms in total. The second-order valence-corrected chi connectivity index (χ2v) is 6.94. The Morgan fingerprint density at radius 2 is 1.72 bits per heavy atom. The van der Waals surface area contributed by atoms with Gasteiger partial charge in [0.05, 0.1) is 23.3 Å². The maximum Gasteiger partial charge on any atom is 0.255 e. The third-order valence-corrected chi connectivity index (χ3v) is 4.73. The molecule has 4 rings (SSSR count). The second kappa shape index (κ2) is 9.99. The van der Waals surface area contributed by atoms with E-state index in [2.05, 4.69) is 20.3 Å². The second-order valence-electron chi connectivity index (χ2n) is 6.94. The number of aromatic nitrogens is 3. The van der Waals surface area contributed by atoms with Crippen molar-refractivity contribution in [3.05, 3.63) is 109 Å². The highest BCUT2D eigenvalue weighted by Gasteiger charge is 2.10. The number of nitrogens with two attached hydrogens (primary N) is 1. The average molecular weight is 422 g/mol. The van der Waals surface area contributed by atoms with Gasteiger partial charge in [-0.1, -0.05) is 36.4 Å². The lowest BCUT2D eigenvalue weighted by molar-refractivity contribution is 0.102. The minimum absolute atomic E-state index is 0.206. The highest BCUT2D eigenvalue weighted by molar-refractivity contribution is 6.05. The number of rotatable bonds is 7. The molecule has 2 aromatic heterocycles. The van der Waals surface area contributed by atoms with Crippen LogP contribution in [0.4, 0.5) is 23.0 Å². The quantitative estimate of drug-likeness (QED) is 0.424. The van der Waals surface area contributed by atoms with Crippen LogP contribution in [0.15, 0.2) is 97.6 Å². The number of carbonyl (C=O) groups excluding carboxylic acids is 1. The predicted octanol–water partition coefficient (Wildman–Crippen LogP) is 4.56. The Hall–Kier alpha value is -4.52.